The van der Waals surface area contributed by atoms with Crippen molar-refractivity contribution in [3.8, 4) is 27.9 Å². The maximum Gasteiger partial charge on any atom is 0.333 e. The normalized spacial score (nSPS) is 11.6. The van der Waals surface area contributed by atoms with Crippen LogP contribution in [0.15, 0.2) is 144 Å². The molecular formula is C38H26N2O. The minimum atomic E-state index is -0.0512. The average Bonchev–Trinajstić information content (AvgIpc) is 3.28. The van der Waals surface area contributed by atoms with E-state index in [1.807, 2.05) is 41.9 Å². The van der Waals surface area contributed by atoms with E-state index in [2.05, 4.69) is 109 Å². The molecule has 41 heavy (non-hydrogen) atoms. The van der Waals surface area contributed by atoms with Crippen molar-refractivity contribution in [2.75, 3.05) is 0 Å². The second-order valence-corrected chi connectivity index (χ2v) is 10.6. The van der Waals surface area contributed by atoms with Crippen molar-refractivity contribution in [1.82, 2.24) is 9.13 Å². The predicted molar refractivity (Wildman–Crippen MR) is 172 cm³/mol. The van der Waals surface area contributed by atoms with Crippen LogP contribution in [0.25, 0.3) is 71.3 Å². The van der Waals surface area contributed by atoms with Gasteiger partial charge in [-0.2, -0.15) is 0 Å². The second kappa shape index (κ2) is 9.07. The van der Waals surface area contributed by atoms with Gasteiger partial charge in [-0.3, -0.25) is 9.13 Å². The number of hydrogen-bond acceptors (Lipinski definition) is 1. The molecule has 3 heteroatoms. The van der Waals surface area contributed by atoms with Gasteiger partial charge in [0.05, 0.1) is 16.7 Å². The fourth-order valence-electron chi connectivity index (χ4n) is 6.42. The molecule has 1 aromatic heterocycles. The SMILES string of the molecule is Cn1c(=O)n(-c2ccccc2)c2cc(-c3c4ccccc4c(-c4ccc5ccccc5c4)c4ccccc34)ccc21. The molecule has 0 atom stereocenters. The number of rotatable bonds is 3. The van der Waals surface area contributed by atoms with Crippen molar-refractivity contribution in [3.63, 3.8) is 0 Å². The summed E-state index contributed by atoms with van der Waals surface area (Å²) in [6, 6.07) is 49.0. The van der Waals surface area contributed by atoms with Crippen LogP contribution < -0.4 is 5.69 Å². The molecule has 0 bridgehead atoms. The molecule has 1 heterocycles. The van der Waals surface area contributed by atoms with Crippen molar-refractivity contribution in [2.45, 2.75) is 0 Å². The van der Waals surface area contributed by atoms with E-state index in [1.54, 1.807) is 4.57 Å². The molecule has 8 rings (SSSR count). The fourth-order valence-corrected chi connectivity index (χ4v) is 6.42. The lowest BCUT2D eigenvalue weighted by Gasteiger charge is -2.18. The highest BCUT2D eigenvalue weighted by Crippen LogP contribution is 2.44. The van der Waals surface area contributed by atoms with Gasteiger partial charge in [-0.05, 0) is 84.9 Å². The predicted octanol–water partition coefficient (Wildman–Crippen LogP) is 9.12. The van der Waals surface area contributed by atoms with Gasteiger partial charge in [-0.25, -0.2) is 4.79 Å². The Morgan fingerprint density at radius 2 is 0.976 bits per heavy atom. The van der Waals surface area contributed by atoms with Gasteiger partial charge in [0.15, 0.2) is 0 Å². The maximum absolute atomic E-state index is 13.4. The van der Waals surface area contributed by atoms with Crippen LogP contribution in [0.3, 0.4) is 0 Å². The minimum absolute atomic E-state index is 0.0512. The Bertz CT molecular complexity index is 2280. The fraction of sp³-hybridized carbons (Fsp3) is 0.0263. The van der Waals surface area contributed by atoms with Crippen molar-refractivity contribution in [2.24, 2.45) is 7.05 Å². The number of benzene rings is 7. The molecule has 0 unspecified atom stereocenters. The van der Waals surface area contributed by atoms with Gasteiger partial charge in [0.1, 0.15) is 0 Å². The van der Waals surface area contributed by atoms with Gasteiger partial charge in [0, 0.05) is 7.05 Å². The van der Waals surface area contributed by atoms with Crippen LogP contribution in [0.2, 0.25) is 0 Å². The molecule has 0 spiro atoms. The Balaban J connectivity index is 1.46. The third kappa shape index (κ3) is 3.56. The molecule has 0 saturated heterocycles. The van der Waals surface area contributed by atoms with Crippen molar-refractivity contribution in [3.05, 3.63) is 150 Å². The third-order valence-electron chi connectivity index (χ3n) is 8.33. The standard InChI is InChI=1S/C38H26N2O/c1-39-34-22-21-28(24-35(34)40(38(39)41)29-13-3-2-4-14-29)37-32-17-9-7-15-30(32)36(31-16-8-10-18-33(31)37)27-20-19-25-11-5-6-12-26(25)23-27/h2-24H,1H3. The smallest absolute Gasteiger partial charge is 0.295 e. The molecule has 0 saturated carbocycles. The summed E-state index contributed by atoms with van der Waals surface area (Å²) in [6.45, 7) is 0. The number of hydrogen-bond donors (Lipinski definition) is 0. The number of nitrogens with zero attached hydrogens (tertiary/aromatic N) is 2. The van der Waals surface area contributed by atoms with Gasteiger partial charge in [-0.15, -0.1) is 0 Å². The molecular weight excluding hydrogens is 500 g/mol. The van der Waals surface area contributed by atoms with Gasteiger partial charge in [-0.1, -0.05) is 109 Å². The van der Waals surface area contributed by atoms with E-state index < -0.39 is 0 Å². The minimum Gasteiger partial charge on any atom is -0.295 e. The Hall–Kier alpha value is -5.41. The van der Waals surface area contributed by atoms with E-state index in [0.717, 1.165) is 22.3 Å². The third-order valence-corrected chi connectivity index (χ3v) is 8.33. The van der Waals surface area contributed by atoms with Crippen LogP contribution in [0.4, 0.5) is 0 Å². The molecule has 3 nitrogen and oxygen atoms in total. The van der Waals surface area contributed by atoms with E-state index in [-0.39, 0.29) is 5.69 Å². The Morgan fingerprint density at radius 1 is 0.463 bits per heavy atom. The number of para-hydroxylation sites is 1. The number of fused-ring (bicyclic) bond motifs is 4. The van der Waals surface area contributed by atoms with Gasteiger partial charge >= 0.3 is 5.69 Å². The van der Waals surface area contributed by atoms with Crippen molar-refractivity contribution >= 4 is 43.4 Å². The Kier molecular flexibility index (Phi) is 5.19. The summed E-state index contributed by atoms with van der Waals surface area (Å²) in [5, 5.41) is 7.28. The van der Waals surface area contributed by atoms with E-state index in [0.29, 0.717) is 0 Å². The zero-order chi connectivity index (χ0) is 27.5. The number of aryl methyl sites for hydroxylation is 1. The van der Waals surface area contributed by atoms with E-state index in [9.17, 15) is 4.79 Å². The first-order chi connectivity index (χ1) is 20.2. The first-order valence-corrected chi connectivity index (χ1v) is 13.9. The Labute approximate surface area is 237 Å². The monoisotopic (exact) mass is 526 g/mol. The molecule has 8 aromatic rings. The molecule has 0 fully saturated rings. The number of imidazole rings is 1. The summed E-state index contributed by atoms with van der Waals surface area (Å²) < 4.78 is 3.54. The van der Waals surface area contributed by atoms with Crippen LogP contribution in [0, 0.1) is 0 Å². The van der Waals surface area contributed by atoms with Crippen LogP contribution in [0.5, 0.6) is 0 Å². The molecule has 0 aliphatic heterocycles. The van der Waals surface area contributed by atoms with E-state index >= 15 is 0 Å². The molecule has 7 aromatic carbocycles. The van der Waals surface area contributed by atoms with Gasteiger partial charge < -0.3 is 0 Å². The highest BCUT2D eigenvalue weighted by atomic mass is 16.1. The highest BCUT2D eigenvalue weighted by molar-refractivity contribution is 6.22. The van der Waals surface area contributed by atoms with Gasteiger partial charge in [0.25, 0.3) is 0 Å². The maximum atomic E-state index is 13.4. The first-order valence-electron chi connectivity index (χ1n) is 13.9. The van der Waals surface area contributed by atoms with Gasteiger partial charge in [0.2, 0.25) is 0 Å². The van der Waals surface area contributed by atoms with Crippen LogP contribution in [0.1, 0.15) is 0 Å². The van der Waals surface area contributed by atoms with Crippen molar-refractivity contribution < 1.29 is 0 Å². The summed E-state index contributed by atoms with van der Waals surface area (Å²) in [4.78, 5) is 13.4. The first kappa shape index (κ1) is 23.5. The van der Waals surface area contributed by atoms with Crippen LogP contribution in [-0.4, -0.2) is 9.13 Å². The Morgan fingerprint density at radius 3 is 1.61 bits per heavy atom. The summed E-state index contributed by atoms with van der Waals surface area (Å²) in [5.41, 5.74) is 7.33. The molecule has 0 amide bonds. The van der Waals surface area contributed by atoms with Crippen LogP contribution in [-0.2, 0) is 7.05 Å². The zero-order valence-corrected chi connectivity index (χ0v) is 22.6. The zero-order valence-electron chi connectivity index (χ0n) is 22.6. The highest BCUT2D eigenvalue weighted by Gasteiger charge is 2.19. The molecule has 0 radical (unpaired) electrons. The second-order valence-electron chi connectivity index (χ2n) is 10.6. The summed E-state index contributed by atoms with van der Waals surface area (Å²) in [6.07, 6.45) is 0. The van der Waals surface area contributed by atoms with E-state index in [4.69, 9.17) is 0 Å². The molecule has 0 aliphatic carbocycles. The molecule has 0 aliphatic rings. The van der Waals surface area contributed by atoms with E-state index in [1.165, 1.54) is 49.0 Å². The summed E-state index contributed by atoms with van der Waals surface area (Å²) in [7, 11) is 1.84. The number of aromatic nitrogens is 2. The summed E-state index contributed by atoms with van der Waals surface area (Å²) in [5.74, 6) is 0. The van der Waals surface area contributed by atoms with Crippen molar-refractivity contribution in [1.29, 1.82) is 0 Å². The topological polar surface area (TPSA) is 26.9 Å². The van der Waals surface area contributed by atoms with Crippen LogP contribution >= 0.6 is 0 Å². The largest absolute Gasteiger partial charge is 0.333 e. The lowest BCUT2D eigenvalue weighted by molar-refractivity contribution is 0.846. The average molecular weight is 527 g/mol. The summed E-state index contributed by atoms with van der Waals surface area (Å²) >= 11 is 0. The lowest BCUT2D eigenvalue weighted by Crippen LogP contribution is -2.20. The molecule has 0 N–H and O–H groups in total. The quantitative estimate of drug-likeness (QED) is 0.211. The molecule has 194 valence electrons. The lowest BCUT2D eigenvalue weighted by atomic mass is 9.85.